The van der Waals surface area contributed by atoms with Gasteiger partial charge in [0.05, 0.1) is 6.04 Å². The molecule has 0 amide bonds. The molecule has 0 aliphatic rings. The number of pyridine rings is 2. The molecule has 0 saturated heterocycles. The number of nitrogens with one attached hydrogen (secondary N) is 1. The van der Waals surface area contributed by atoms with Crippen molar-refractivity contribution in [2.45, 2.75) is 13.0 Å². The Bertz CT molecular complexity index is 456. The van der Waals surface area contributed by atoms with Crippen molar-refractivity contribution in [2.24, 2.45) is 0 Å². The number of anilines is 2. The molecule has 4 nitrogen and oxygen atoms in total. The summed E-state index contributed by atoms with van der Waals surface area (Å²) in [7, 11) is 0. The molecule has 0 spiro atoms. The molecule has 2 heterocycles. The molecule has 3 N–H and O–H groups in total. The summed E-state index contributed by atoms with van der Waals surface area (Å²) in [6.07, 6.45) is 3.60. The Morgan fingerprint density at radius 3 is 2.81 bits per heavy atom. The zero-order valence-corrected chi connectivity index (χ0v) is 9.09. The zero-order valence-electron chi connectivity index (χ0n) is 9.09. The maximum atomic E-state index is 5.61. The molecule has 16 heavy (non-hydrogen) atoms. The van der Waals surface area contributed by atoms with Crippen molar-refractivity contribution < 1.29 is 0 Å². The van der Waals surface area contributed by atoms with Crippen molar-refractivity contribution >= 4 is 11.6 Å². The molecule has 4 heteroatoms. The van der Waals surface area contributed by atoms with Gasteiger partial charge < -0.3 is 11.1 Å². The van der Waals surface area contributed by atoms with Gasteiger partial charge in [-0.25, -0.2) is 4.98 Å². The number of nitrogens with zero attached hydrogens (tertiary/aromatic N) is 2. The van der Waals surface area contributed by atoms with Gasteiger partial charge in [-0.2, -0.15) is 0 Å². The first-order valence-electron chi connectivity index (χ1n) is 5.15. The van der Waals surface area contributed by atoms with Crippen LogP contribution < -0.4 is 11.1 Å². The normalized spacial score (nSPS) is 12.1. The predicted molar refractivity (Wildman–Crippen MR) is 64.9 cm³/mol. The van der Waals surface area contributed by atoms with E-state index in [9.17, 15) is 0 Å². The fourth-order valence-electron chi connectivity index (χ4n) is 1.47. The van der Waals surface area contributed by atoms with Crippen LogP contribution in [-0.4, -0.2) is 9.97 Å². The van der Waals surface area contributed by atoms with Crippen LogP contribution in [0.15, 0.2) is 42.7 Å². The van der Waals surface area contributed by atoms with Crippen LogP contribution in [0.3, 0.4) is 0 Å². The molecule has 2 aromatic rings. The molecular formula is C12H14N4. The van der Waals surface area contributed by atoms with E-state index in [-0.39, 0.29) is 6.04 Å². The largest absolute Gasteiger partial charge is 0.384 e. The molecule has 1 unspecified atom stereocenters. The number of nitrogen functional groups attached to an aromatic ring is 1. The molecule has 82 valence electrons. The summed E-state index contributed by atoms with van der Waals surface area (Å²) < 4.78 is 0. The predicted octanol–water partition coefficient (Wildman–Crippen LogP) is 2.23. The van der Waals surface area contributed by atoms with Gasteiger partial charge in [-0.3, -0.25) is 4.98 Å². The Morgan fingerprint density at radius 1 is 1.25 bits per heavy atom. The Balaban J connectivity index is 2.11. The van der Waals surface area contributed by atoms with Crippen molar-refractivity contribution in [2.75, 3.05) is 11.1 Å². The quantitative estimate of drug-likeness (QED) is 0.822. The van der Waals surface area contributed by atoms with Crippen molar-refractivity contribution in [3.8, 4) is 0 Å². The van der Waals surface area contributed by atoms with E-state index in [0.29, 0.717) is 5.82 Å². The van der Waals surface area contributed by atoms with Gasteiger partial charge in [0.2, 0.25) is 0 Å². The first kappa shape index (κ1) is 10.4. The fourth-order valence-corrected chi connectivity index (χ4v) is 1.47. The summed E-state index contributed by atoms with van der Waals surface area (Å²) in [5.74, 6) is 1.29. The van der Waals surface area contributed by atoms with Crippen LogP contribution in [0, 0.1) is 0 Å². The summed E-state index contributed by atoms with van der Waals surface area (Å²) in [5, 5.41) is 3.27. The van der Waals surface area contributed by atoms with Crippen LogP contribution in [0.4, 0.5) is 11.6 Å². The molecule has 0 aliphatic carbocycles. The van der Waals surface area contributed by atoms with Gasteiger partial charge in [0.15, 0.2) is 0 Å². The maximum Gasteiger partial charge on any atom is 0.128 e. The second-order valence-corrected chi connectivity index (χ2v) is 3.60. The van der Waals surface area contributed by atoms with Gasteiger partial charge in [0.1, 0.15) is 11.6 Å². The van der Waals surface area contributed by atoms with Crippen molar-refractivity contribution in [1.82, 2.24) is 9.97 Å². The molecule has 0 saturated carbocycles. The van der Waals surface area contributed by atoms with E-state index < -0.39 is 0 Å². The zero-order chi connectivity index (χ0) is 11.4. The van der Waals surface area contributed by atoms with Crippen LogP contribution in [0.2, 0.25) is 0 Å². The molecule has 2 aromatic heterocycles. The van der Waals surface area contributed by atoms with Gasteiger partial charge >= 0.3 is 0 Å². The number of nitrogens with two attached hydrogens (primary N) is 1. The molecule has 0 aliphatic heterocycles. The Hall–Kier alpha value is -2.10. The Labute approximate surface area is 94.5 Å². The minimum Gasteiger partial charge on any atom is -0.384 e. The van der Waals surface area contributed by atoms with Gasteiger partial charge in [0, 0.05) is 12.4 Å². The highest BCUT2D eigenvalue weighted by molar-refractivity contribution is 5.43. The molecule has 0 fully saturated rings. The molecule has 0 bridgehead atoms. The minimum absolute atomic E-state index is 0.156. The fraction of sp³-hybridized carbons (Fsp3) is 0.167. The number of hydrogen-bond acceptors (Lipinski definition) is 4. The van der Waals surface area contributed by atoms with Gasteiger partial charge in [-0.1, -0.05) is 12.1 Å². The van der Waals surface area contributed by atoms with Gasteiger partial charge in [-0.15, -0.1) is 0 Å². The van der Waals surface area contributed by atoms with E-state index in [1.165, 1.54) is 0 Å². The summed E-state index contributed by atoms with van der Waals surface area (Å²) in [6.45, 7) is 2.06. The van der Waals surface area contributed by atoms with E-state index in [2.05, 4.69) is 22.2 Å². The summed E-state index contributed by atoms with van der Waals surface area (Å²) in [4.78, 5) is 8.26. The third-order valence-corrected chi connectivity index (χ3v) is 2.32. The summed E-state index contributed by atoms with van der Waals surface area (Å²) in [5.41, 5.74) is 6.73. The molecular weight excluding hydrogens is 200 g/mol. The highest BCUT2D eigenvalue weighted by Gasteiger charge is 2.05. The van der Waals surface area contributed by atoms with Crippen LogP contribution in [-0.2, 0) is 0 Å². The maximum absolute atomic E-state index is 5.61. The minimum atomic E-state index is 0.156. The molecule has 1 atom stereocenters. The van der Waals surface area contributed by atoms with E-state index in [4.69, 9.17) is 5.73 Å². The third-order valence-electron chi connectivity index (χ3n) is 2.32. The lowest BCUT2D eigenvalue weighted by molar-refractivity contribution is 0.867. The van der Waals surface area contributed by atoms with Gasteiger partial charge in [-0.05, 0) is 30.7 Å². The summed E-state index contributed by atoms with van der Waals surface area (Å²) in [6, 6.07) is 9.63. The van der Waals surface area contributed by atoms with Crippen LogP contribution in [0.1, 0.15) is 18.5 Å². The lowest BCUT2D eigenvalue weighted by Gasteiger charge is -2.14. The van der Waals surface area contributed by atoms with E-state index >= 15 is 0 Å². The first-order valence-corrected chi connectivity index (χ1v) is 5.15. The SMILES string of the molecule is CC(Nc1cccc(N)n1)c1cccnc1. The van der Waals surface area contributed by atoms with Crippen LogP contribution in [0.25, 0.3) is 0 Å². The average molecular weight is 214 g/mol. The highest BCUT2D eigenvalue weighted by atomic mass is 15.0. The number of rotatable bonds is 3. The molecule has 2 rings (SSSR count). The van der Waals surface area contributed by atoms with Gasteiger partial charge in [0.25, 0.3) is 0 Å². The Morgan fingerprint density at radius 2 is 2.12 bits per heavy atom. The van der Waals surface area contributed by atoms with E-state index in [1.54, 1.807) is 12.3 Å². The smallest absolute Gasteiger partial charge is 0.128 e. The highest BCUT2D eigenvalue weighted by Crippen LogP contribution is 2.16. The Kier molecular flexibility index (Phi) is 3.00. The van der Waals surface area contributed by atoms with Crippen molar-refractivity contribution in [3.05, 3.63) is 48.3 Å². The summed E-state index contributed by atoms with van der Waals surface area (Å²) >= 11 is 0. The van der Waals surface area contributed by atoms with Crippen LogP contribution in [0.5, 0.6) is 0 Å². The van der Waals surface area contributed by atoms with E-state index in [0.717, 1.165) is 11.4 Å². The lowest BCUT2D eigenvalue weighted by atomic mass is 10.1. The van der Waals surface area contributed by atoms with Crippen LogP contribution >= 0.6 is 0 Å². The second kappa shape index (κ2) is 4.61. The average Bonchev–Trinajstić information content (AvgIpc) is 2.30. The van der Waals surface area contributed by atoms with E-state index in [1.807, 2.05) is 30.5 Å². The molecule has 0 aromatic carbocycles. The lowest BCUT2D eigenvalue weighted by Crippen LogP contribution is -2.08. The number of aromatic nitrogens is 2. The third kappa shape index (κ3) is 2.48. The topological polar surface area (TPSA) is 63.8 Å². The van der Waals surface area contributed by atoms with Crippen molar-refractivity contribution in [1.29, 1.82) is 0 Å². The second-order valence-electron chi connectivity index (χ2n) is 3.60. The van der Waals surface area contributed by atoms with Crippen molar-refractivity contribution in [3.63, 3.8) is 0 Å². The molecule has 0 radical (unpaired) electrons. The monoisotopic (exact) mass is 214 g/mol. The number of hydrogen-bond donors (Lipinski definition) is 2. The standard InChI is InChI=1S/C12H14N4/c1-9(10-4-3-7-14-8-10)15-12-6-2-5-11(13)16-12/h2-9H,1H3,(H3,13,15,16). The first-order chi connectivity index (χ1) is 7.75.